The van der Waals surface area contributed by atoms with Crippen LogP contribution in [0.3, 0.4) is 0 Å². The predicted molar refractivity (Wildman–Crippen MR) is 103 cm³/mol. The first-order valence-corrected chi connectivity index (χ1v) is 8.93. The van der Waals surface area contributed by atoms with E-state index in [1.54, 1.807) is 0 Å². The number of nitrogens with one attached hydrogen (secondary N) is 2. The molecule has 0 spiro atoms. The molecule has 0 saturated heterocycles. The molecule has 5 heteroatoms. The molecule has 2 aromatic carbocycles. The molecular weight excluding hydrogens is 380 g/mol. The van der Waals surface area contributed by atoms with Gasteiger partial charge in [-0.15, -0.1) is 0 Å². The van der Waals surface area contributed by atoms with Crippen LogP contribution < -0.4 is 5.32 Å². The van der Waals surface area contributed by atoms with Gasteiger partial charge in [0.25, 0.3) is 0 Å². The molecule has 0 saturated carbocycles. The fourth-order valence-corrected chi connectivity index (χ4v) is 4.03. The van der Waals surface area contributed by atoms with Gasteiger partial charge in [-0.3, -0.25) is 10.1 Å². The molecule has 3 aromatic rings. The van der Waals surface area contributed by atoms with Crippen molar-refractivity contribution >= 4 is 38.9 Å². The Morgan fingerprint density at radius 2 is 1.84 bits per heavy atom. The Hall–Kier alpha value is -2.37. The van der Waals surface area contributed by atoms with E-state index in [1.807, 2.05) is 60.7 Å². The number of carbonyl (C=O) groups is 1. The summed E-state index contributed by atoms with van der Waals surface area (Å²) in [5.74, 6) is -0.832. The van der Waals surface area contributed by atoms with Crippen LogP contribution in [-0.2, 0) is 11.2 Å². The van der Waals surface area contributed by atoms with Crippen molar-refractivity contribution in [2.24, 2.45) is 0 Å². The van der Waals surface area contributed by atoms with Crippen LogP contribution in [0.1, 0.15) is 22.9 Å². The molecule has 0 aliphatic carbocycles. The molecule has 2 heterocycles. The maximum Gasteiger partial charge on any atom is 0.321 e. The second kappa shape index (κ2) is 6.50. The minimum atomic E-state index is -0.832. The standard InChI is InChI=1S/C20H17BrN2O2/c21-15(10-12-6-2-1-3-7-12)19-18-14(11-17(23-19)20(24)25)13-8-4-5-9-16(13)22-18/h1-10,17,19,22-23H,11H2,(H,24,25)/b15-10-. The molecule has 4 rings (SSSR count). The predicted octanol–water partition coefficient (Wildman–Crippen LogP) is 4.24. The number of hydrogen-bond acceptors (Lipinski definition) is 2. The number of para-hydroxylation sites is 1. The lowest BCUT2D eigenvalue weighted by molar-refractivity contribution is -0.139. The van der Waals surface area contributed by atoms with E-state index in [0.29, 0.717) is 6.42 Å². The molecule has 0 radical (unpaired) electrons. The summed E-state index contributed by atoms with van der Waals surface area (Å²) < 4.78 is 0.900. The third kappa shape index (κ3) is 3.01. The summed E-state index contributed by atoms with van der Waals surface area (Å²) in [5.41, 5.74) is 4.19. The van der Waals surface area contributed by atoms with Crippen LogP contribution in [0.5, 0.6) is 0 Å². The molecule has 2 atom stereocenters. The Morgan fingerprint density at radius 1 is 1.12 bits per heavy atom. The number of aliphatic carboxylic acids is 1. The summed E-state index contributed by atoms with van der Waals surface area (Å²) >= 11 is 3.67. The maximum absolute atomic E-state index is 11.6. The Balaban J connectivity index is 1.82. The summed E-state index contributed by atoms with van der Waals surface area (Å²) in [6, 6.07) is 17.2. The lowest BCUT2D eigenvalue weighted by Crippen LogP contribution is -2.44. The van der Waals surface area contributed by atoms with E-state index in [9.17, 15) is 9.90 Å². The topological polar surface area (TPSA) is 65.1 Å². The molecule has 4 nitrogen and oxygen atoms in total. The van der Waals surface area contributed by atoms with Gasteiger partial charge in [0, 0.05) is 27.5 Å². The van der Waals surface area contributed by atoms with Crippen molar-refractivity contribution in [2.45, 2.75) is 18.5 Å². The van der Waals surface area contributed by atoms with Crippen LogP contribution in [0, 0.1) is 0 Å². The van der Waals surface area contributed by atoms with E-state index in [0.717, 1.165) is 32.2 Å². The van der Waals surface area contributed by atoms with E-state index >= 15 is 0 Å². The van der Waals surface area contributed by atoms with Crippen LogP contribution >= 0.6 is 15.9 Å². The van der Waals surface area contributed by atoms with Crippen molar-refractivity contribution in [3.05, 3.63) is 75.9 Å². The molecule has 3 N–H and O–H groups in total. The van der Waals surface area contributed by atoms with Gasteiger partial charge < -0.3 is 10.1 Å². The zero-order chi connectivity index (χ0) is 17.4. The number of aromatic amines is 1. The van der Waals surface area contributed by atoms with E-state index in [4.69, 9.17) is 0 Å². The maximum atomic E-state index is 11.6. The van der Waals surface area contributed by atoms with Crippen molar-refractivity contribution in [3.8, 4) is 0 Å². The molecule has 1 aliphatic rings. The fraction of sp³-hybridized carbons (Fsp3) is 0.150. The van der Waals surface area contributed by atoms with Crippen LogP contribution in [0.15, 0.2) is 59.1 Å². The summed E-state index contributed by atoms with van der Waals surface area (Å²) in [5, 5.41) is 13.9. The van der Waals surface area contributed by atoms with Gasteiger partial charge in [0.15, 0.2) is 0 Å². The number of H-pyrrole nitrogens is 1. The average Bonchev–Trinajstić information content (AvgIpc) is 3.00. The average molecular weight is 397 g/mol. The number of carboxylic acids is 1. The number of halogens is 1. The van der Waals surface area contributed by atoms with Gasteiger partial charge in [-0.25, -0.2) is 0 Å². The number of benzene rings is 2. The van der Waals surface area contributed by atoms with Crippen LogP contribution in [0.25, 0.3) is 17.0 Å². The van der Waals surface area contributed by atoms with Gasteiger partial charge in [-0.1, -0.05) is 64.5 Å². The quantitative estimate of drug-likeness (QED) is 0.619. The molecule has 1 aromatic heterocycles. The molecule has 2 unspecified atom stereocenters. The van der Waals surface area contributed by atoms with Crippen molar-refractivity contribution < 1.29 is 9.90 Å². The Labute approximate surface area is 153 Å². The number of carboxylic acid groups (broad SMARTS) is 1. The lowest BCUT2D eigenvalue weighted by Gasteiger charge is -2.29. The highest BCUT2D eigenvalue weighted by Crippen LogP contribution is 2.37. The number of hydrogen-bond donors (Lipinski definition) is 3. The smallest absolute Gasteiger partial charge is 0.321 e. The lowest BCUT2D eigenvalue weighted by atomic mass is 9.93. The van der Waals surface area contributed by atoms with Crippen LogP contribution in [-0.4, -0.2) is 22.1 Å². The van der Waals surface area contributed by atoms with Crippen LogP contribution in [0.4, 0.5) is 0 Å². The van der Waals surface area contributed by atoms with E-state index in [1.165, 1.54) is 0 Å². The van der Waals surface area contributed by atoms with Gasteiger partial charge in [-0.2, -0.15) is 0 Å². The van der Waals surface area contributed by atoms with Gasteiger partial charge in [0.1, 0.15) is 6.04 Å². The second-order valence-corrected chi connectivity index (χ2v) is 7.11. The molecule has 0 bridgehead atoms. The van der Waals surface area contributed by atoms with E-state index in [2.05, 4.69) is 26.2 Å². The highest BCUT2D eigenvalue weighted by Gasteiger charge is 2.34. The minimum Gasteiger partial charge on any atom is -0.480 e. The first kappa shape index (κ1) is 16.1. The summed E-state index contributed by atoms with van der Waals surface area (Å²) in [6.07, 6.45) is 2.49. The largest absolute Gasteiger partial charge is 0.480 e. The highest BCUT2D eigenvalue weighted by molar-refractivity contribution is 9.11. The fourth-order valence-electron chi connectivity index (χ4n) is 3.40. The third-order valence-corrected chi connectivity index (χ3v) is 5.28. The third-order valence-electron chi connectivity index (χ3n) is 4.59. The Bertz CT molecular complexity index is 962. The van der Waals surface area contributed by atoms with Gasteiger partial charge in [0.2, 0.25) is 0 Å². The Kier molecular flexibility index (Phi) is 4.19. The molecule has 0 amide bonds. The van der Waals surface area contributed by atoms with Crippen molar-refractivity contribution in [1.82, 2.24) is 10.3 Å². The SMILES string of the molecule is O=C(O)C1Cc2c([nH]c3ccccc23)C(/C(Br)=C/c2ccccc2)N1. The first-order valence-electron chi connectivity index (χ1n) is 8.14. The van der Waals surface area contributed by atoms with Crippen molar-refractivity contribution in [1.29, 1.82) is 0 Å². The summed E-state index contributed by atoms with van der Waals surface area (Å²) in [6.45, 7) is 0. The van der Waals surface area contributed by atoms with Gasteiger partial charge >= 0.3 is 5.97 Å². The zero-order valence-corrected chi connectivity index (χ0v) is 15.0. The number of rotatable bonds is 3. The molecule has 126 valence electrons. The van der Waals surface area contributed by atoms with Gasteiger partial charge in [-0.05, 0) is 23.3 Å². The zero-order valence-electron chi connectivity index (χ0n) is 13.4. The number of fused-ring (bicyclic) bond motifs is 3. The number of aromatic nitrogens is 1. The van der Waals surface area contributed by atoms with Gasteiger partial charge in [0.05, 0.1) is 6.04 Å². The molecule has 1 aliphatic heterocycles. The van der Waals surface area contributed by atoms with Crippen LogP contribution in [0.2, 0.25) is 0 Å². The first-order chi connectivity index (χ1) is 12.1. The van der Waals surface area contributed by atoms with Crippen molar-refractivity contribution in [3.63, 3.8) is 0 Å². The molecular formula is C20H17BrN2O2. The highest BCUT2D eigenvalue weighted by atomic mass is 79.9. The second-order valence-electron chi connectivity index (χ2n) is 6.20. The normalized spacial score (nSPS) is 20.4. The minimum absolute atomic E-state index is 0.225. The molecule has 25 heavy (non-hydrogen) atoms. The summed E-state index contributed by atoms with van der Waals surface area (Å²) in [7, 11) is 0. The monoisotopic (exact) mass is 396 g/mol. The molecule has 0 fully saturated rings. The Morgan fingerprint density at radius 3 is 2.60 bits per heavy atom. The van der Waals surface area contributed by atoms with Crippen molar-refractivity contribution in [2.75, 3.05) is 0 Å². The summed E-state index contributed by atoms with van der Waals surface area (Å²) in [4.78, 5) is 15.1. The van der Waals surface area contributed by atoms with E-state index in [-0.39, 0.29) is 6.04 Å². The van der Waals surface area contributed by atoms with E-state index < -0.39 is 12.0 Å².